The molecule has 0 aromatic heterocycles. The highest BCUT2D eigenvalue weighted by atomic mass is 79.9. The van der Waals surface area contributed by atoms with Gasteiger partial charge in [0.2, 0.25) is 0 Å². The van der Waals surface area contributed by atoms with Crippen LogP contribution < -0.4 is 14.2 Å². The largest absolute Gasteiger partial charge is 0.496 e. The highest BCUT2D eigenvalue weighted by Gasteiger charge is 2.13. The molecular formula is C16H17BrO3S. The minimum Gasteiger partial charge on any atom is -0.496 e. The fourth-order valence-corrected chi connectivity index (χ4v) is 3.46. The van der Waals surface area contributed by atoms with Gasteiger partial charge in [0.1, 0.15) is 17.2 Å². The monoisotopic (exact) mass is 368 g/mol. The third-order valence-electron chi connectivity index (χ3n) is 3.00. The number of hydrogen-bond acceptors (Lipinski definition) is 4. The van der Waals surface area contributed by atoms with Gasteiger partial charge in [-0.25, -0.2) is 0 Å². The molecule has 2 rings (SSSR count). The average Bonchev–Trinajstić information content (AvgIpc) is 2.52. The molecule has 2 aromatic rings. The van der Waals surface area contributed by atoms with Crippen LogP contribution in [-0.2, 0) is 5.75 Å². The molecule has 3 nitrogen and oxygen atoms in total. The van der Waals surface area contributed by atoms with Gasteiger partial charge in [0, 0.05) is 32.8 Å². The van der Waals surface area contributed by atoms with Crippen molar-refractivity contribution < 1.29 is 14.2 Å². The standard InChI is InChI=1S/C16H17BrO3S/c1-18-12-8-15(19-2)14(16(9-12)20-3)10-21-13-6-4-5-11(17)7-13/h4-9H,10H2,1-3H3. The minimum atomic E-state index is 0.722. The average molecular weight is 369 g/mol. The predicted molar refractivity (Wildman–Crippen MR) is 89.8 cm³/mol. The third-order valence-corrected chi connectivity index (χ3v) is 4.51. The number of methoxy groups -OCH3 is 3. The topological polar surface area (TPSA) is 27.7 Å². The number of rotatable bonds is 6. The SMILES string of the molecule is COc1cc(OC)c(CSc2cccc(Br)c2)c(OC)c1. The van der Waals surface area contributed by atoms with Gasteiger partial charge in [0.15, 0.2) is 0 Å². The van der Waals surface area contributed by atoms with Crippen LogP contribution in [0.1, 0.15) is 5.56 Å². The molecule has 0 saturated carbocycles. The number of hydrogen-bond donors (Lipinski definition) is 0. The Morgan fingerprint density at radius 2 is 1.62 bits per heavy atom. The number of benzene rings is 2. The summed E-state index contributed by atoms with van der Waals surface area (Å²) in [5, 5.41) is 0. The lowest BCUT2D eigenvalue weighted by molar-refractivity contribution is 0.371. The van der Waals surface area contributed by atoms with Crippen molar-refractivity contribution in [2.45, 2.75) is 10.6 Å². The van der Waals surface area contributed by atoms with Crippen molar-refractivity contribution >= 4 is 27.7 Å². The molecule has 0 fully saturated rings. The summed E-state index contributed by atoms with van der Waals surface area (Å²) in [6, 6.07) is 12.0. The summed E-state index contributed by atoms with van der Waals surface area (Å²) in [5.74, 6) is 3.02. The van der Waals surface area contributed by atoms with Crippen molar-refractivity contribution in [3.05, 3.63) is 46.4 Å². The lowest BCUT2D eigenvalue weighted by atomic mass is 10.2. The van der Waals surface area contributed by atoms with Gasteiger partial charge < -0.3 is 14.2 Å². The van der Waals surface area contributed by atoms with Crippen molar-refractivity contribution in [3.63, 3.8) is 0 Å². The lowest BCUT2D eigenvalue weighted by Crippen LogP contribution is -1.97. The van der Waals surface area contributed by atoms with E-state index in [0.29, 0.717) is 0 Å². The van der Waals surface area contributed by atoms with Crippen LogP contribution in [0.5, 0.6) is 17.2 Å². The molecule has 21 heavy (non-hydrogen) atoms. The maximum absolute atomic E-state index is 5.46. The Kier molecular flexibility index (Phi) is 5.82. The maximum atomic E-state index is 5.46. The van der Waals surface area contributed by atoms with E-state index in [-0.39, 0.29) is 0 Å². The van der Waals surface area contributed by atoms with Gasteiger partial charge in [0.25, 0.3) is 0 Å². The van der Waals surface area contributed by atoms with Crippen molar-refractivity contribution in [1.29, 1.82) is 0 Å². The second-order valence-corrected chi connectivity index (χ2v) is 6.22. The van der Waals surface area contributed by atoms with Crippen LogP contribution >= 0.6 is 27.7 Å². The van der Waals surface area contributed by atoms with E-state index >= 15 is 0 Å². The summed E-state index contributed by atoms with van der Waals surface area (Å²) in [6.07, 6.45) is 0. The number of thioether (sulfide) groups is 1. The summed E-state index contributed by atoms with van der Waals surface area (Å²) in [4.78, 5) is 1.18. The fourth-order valence-electron chi connectivity index (χ4n) is 1.93. The summed E-state index contributed by atoms with van der Waals surface area (Å²) >= 11 is 5.21. The molecule has 2 aromatic carbocycles. The Hall–Kier alpha value is -1.33. The van der Waals surface area contributed by atoms with Gasteiger partial charge in [-0.1, -0.05) is 22.0 Å². The summed E-state index contributed by atoms with van der Waals surface area (Å²) < 4.78 is 17.2. The smallest absolute Gasteiger partial charge is 0.130 e. The zero-order chi connectivity index (χ0) is 15.2. The van der Waals surface area contributed by atoms with E-state index in [2.05, 4.69) is 28.1 Å². The summed E-state index contributed by atoms with van der Waals surface area (Å²) in [6.45, 7) is 0. The molecule has 0 aliphatic heterocycles. The molecule has 0 heterocycles. The van der Waals surface area contributed by atoms with Crippen molar-refractivity contribution in [3.8, 4) is 17.2 Å². The van der Waals surface area contributed by atoms with Crippen LogP contribution in [0.15, 0.2) is 45.8 Å². The first-order valence-electron chi connectivity index (χ1n) is 6.35. The molecule has 0 aliphatic rings. The first-order chi connectivity index (χ1) is 10.2. The second-order valence-electron chi connectivity index (χ2n) is 4.26. The van der Waals surface area contributed by atoms with E-state index in [1.54, 1.807) is 33.1 Å². The first kappa shape index (κ1) is 16.0. The minimum absolute atomic E-state index is 0.722. The first-order valence-corrected chi connectivity index (χ1v) is 8.13. The van der Waals surface area contributed by atoms with E-state index in [1.807, 2.05) is 24.3 Å². The van der Waals surface area contributed by atoms with Gasteiger partial charge in [-0.05, 0) is 18.2 Å². The highest BCUT2D eigenvalue weighted by Crippen LogP contribution is 2.38. The van der Waals surface area contributed by atoms with Crippen LogP contribution in [0.3, 0.4) is 0 Å². The van der Waals surface area contributed by atoms with Crippen LogP contribution in [0.4, 0.5) is 0 Å². The van der Waals surface area contributed by atoms with Crippen LogP contribution in [-0.4, -0.2) is 21.3 Å². The van der Waals surface area contributed by atoms with Crippen LogP contribution in [0, 0.1) is 0 Å². The second kappa shape index (κ2) is 7.61. The molecule has 0 aliphatic carbocycles. The zero-order valence-corrected chi connectivity index (χ0v) is 14.6. The van der Waals surface area contributed by atoms with E-state index in [4.69, 9.17) is 14.2 Å². The van der Waals surface area contributed by atoms with Crippen LogP contribution in [0.2, 0.25) is 0 Å². The Morgan fingerprint density at radius 1 is 0.952 bits per heavy atom. The highest BCUT2D eigenvalue weighted by molar-refractivity contribution is 9.10. The van der Waals surface area contributed by atoms with Gasteiger partial charge in [-0.2, -0.15) is 0 Å². The summed E-state index contributed by atoms with van der Waals surface area (Å²) in [5.41, 5.74) is 1.02. The van der Waals surface area contributed by atoms with Gasteiger partial charge in [-0.3, -0.25) is 0 Å². The maximum Gasteiger partial charge on any atom is 0.130 e. The Balaban J connectivity index is 2.26. The zero-order valence-electron chi connectivity index (χ0n) is 12.2. The molecular weight excluding hydrogens is 352 g/mol. The molecule has 0 amide bonds. The normalized spacial score (nSPS) is 10.3. The fraction of sp³-hybridized carbons (Fsp3) is 0.250. The Labute approximate surface area is 137 Å². The van der Waals surface area contributed by atoms with Gasteiger partial charge in [0.05, 0.1) is 21.3 Å². The van der Waals surface area contributed by atoms with E-state index in [9.17, 15) is 0 Å². The van der Waals surface area contributed by atoms with E-state index in [0.717, 1.165) is 33.0 Å². The van der Waals surface area contributed by atoms with Gasteiger partial charge in [-0.15, -0.1) is 11.8 Å². The van der Waals surface area contributed by atoms with E-state index < -0.39 is 0 Å². The van der Waals surface area contributed by atoms with Crippen molar-refractivity contribution in [2.75, 3.05) is 21.3 Å². The molecule has 0 unspecified atom stereocenters. The molecule has 112 valence electrons. The molecule has 0 N–H and O–H groups in total. The number of halogens is 1. The Morgan fingerprint density at radius 3 is 2.14 bits per heavy atom. The molecule has 5 heteroatoms. The molecule has 0 spiro atoms. The summed E-state index contributed by atoms with van der Waals surface area (Å²) in [7, 11) is 4.94. The van der Waals surface area contributed by atoms with Crippen LogP contribution in [0.25, 0.3) is 0 Å². The Bertz CT molecular complexity index is 591. The predicted octanol–water partition coefficient (Wildman–Crippen LogP) is 4.77. The molecule has 0 atom stereocenters. The van der Waals surface area contributed by atoms with Gasteiger partial charge >= 0.3 is 0 Å². The number of ether oxygens (including phenoxy) is 3. The van der Waals surface area contributed by atoms with E-state index in [1.165, 1.54) is 4.90 Å². The third kappa shape index (κ3) is 4.08. The molecule has 0 radical (unpaired) electrons. The quantitative estimate of drug-likeness (QED) is 0.686. The molecule has 0 saturated heterocycles. The van der Waals surface area contributed by atoms with Crippen molar-refractivity contribution in [1.82, 2.24) is 0 Å². The molecule has 0 bridgehead atoms. The van der Waals surface area contributed by atoms with Crippen molar-refractivity contribution in [2.24, 2.45) is 0 Å². The lowest BCUT2D eigenvalue weighted by Gasteiger charge is -2.15.